The zero-order chi connectivity index (χ0) is 14.9. The second kappa shape index (κ2) is 8.80. The van der Waals surface area contributed by atoms with E-state index in [0.717, 1.165) is 5.56 Å². The monoisotopic (exact) mass is 290 g/mol. The summed E-state index contributed by atoms with van der Waals surface area (Å²) in [5, 5.41) is 2.89. The molecule has 4 nitrogen and oxygen atoms in total. The van der Waals surface area contributed by atoms with Gasteiger partial charge in [0.2, 0.25) is 5.91 Å². The number of hydrogen-bond donors (Lipinski definition) is 2. The summed E-state index contributed by atoms with van der Waals surface area (Å²) in [6, 6.07) is 9.82. The van der Waals surface area contributed by atoms with E-state index in [2.05, 4.69) is 5.32 Å². The minimum absolute atomic E-state index is 0.0522. The number of benzene rings is 1. The van der Waals surface area contributed by atoms with Crippen molar-refractivity contribution >= 4 is 5.91 Å². The molecule has 4 heteroatoms. The summed E-state index contributed by atoms with van der Waals surface area (Å²) < 4.78 is 5.71. The van der Waals surface area contributed by atoms with Crippen LogP contribution in [0.1, 0.15) is 50.1 Å². The SMILES string of the molecule is NC(CCC(=O)NCCOC1CCCC1)c1ccccc1. The molecule has 0 saturated heterocycles. The van der Waals surface area contributed by atoms with E-state index >= 15 is 0 Å². The van der Waals surface area contributed by atoms with Crippen LogP contribution in [0.4, 0.5) is 0 Å². The zero-order valence-corrected chi connectivity index (χ0v) is 12.6. The molecule has 1 unspecified atom stereocenters. The van der Waals surface area contributed by atoms with Gasteiger partial charge in [-0.1, -0.05) is 43.2 Å². The van der Waals surface area contributed by atoms with Crippen molar-refractivity contribution in [1.82, 2.24) is 5.32 Å². The lowest BCUT2D eigenvalue weighted by atomic mass is 10.0. The van der Waals surface area contributed by atoms with Crippen LogP contribution in [0.25, 0.3) is 0 Å². The van der Waals surface area contributed by atoms with Gasteiger partial charge in [0.25, 0.3) is 0 Å². The Morgan fingerprint density at radius 2 is 2.00 bits per heavy atom. The zero-order valence-electron chi connectivity index (χ0n) is 12.6. The van der Waals surface area contributed by atoms with Gasteiger partial charge in [0.1, 0.15) is 0 Å². The third-order valence-electron chi connectivity index (χ3n) is 3.99. The molecular formula is C17H26N2O2. The van der Waals surface area contributed by atoms with Crippen LogP contribution < -0.4 is 11.1 Å². The molecule has 1 aromatic rings. The number of nitrogens with one attached hydrogen (secondary N) is 1. The van der Waals surface area contributed by atoms with Crippen molar-refractivity contribution in [2.45, 2.75) is 50.7 Å². The largest absolute Gasteiger partial charge is 0.376 e. The number of ether oxygens (including phenoxy) is 1. The number of amides is 1. The van der Waals surface area contributed by atoms with Gasteiger partial charge in [0.15, 0.2) is 0 Å². The summed E-state index contributed by atoms with van der Waals surface area (Å²) in [4.78, 5) is 11.8. The average molecular weight is 290 g/mol. The van der Waals surface area contributed by atoms with Crippen LogP contribution in [0.5, 0.6) is 0 Å². The quantitative estimate of drug-likeness (QED) is 0.723. The Morgan fingerprint density at radius 1 is 1.29 bits per heavy atom. The van der Waals surface area contributed by atoms with E-state index < -0.39 is 0 Å². The van der Waals surface area contributed by atoms with Crippen molar-refractivity contribution in [2.75, 3.05) is 13.2 Å². The Hall–Kier alpha value is -1.39. The van der Waals surface area contributed by atoms with Crippen LogP contribution >= 0.6 is 0 Å². The van der Waals surface area contributed by atoms with E-state index in [4.69, 9.17) is 10.5 Å². The molecule has 0 bridgehead atoms. The minimum Gasteiger partial charge on any atom is -0.376 e. The fourth-order valence-electron chi connectivity index (χ4n) is 2.71. The maximum absolute atomic E-state index is 11.8. The van der Waals surface area contributed by atoms with Crippen molar-refractivity contribution in [3.63, 3.8) is 0 Å². The molecule has 1 aromatic carbocycles. The standard InChI is InChI=1S/C17H26N2O2/c18-16(14-6-2-1-3-7-14)10-11-17(20)19-12-13-21-15-8-4-5-9-15/h1-3,6-7,15-16H,4-5,8-13,18H2,(H,19,20). The normalized spacial score (nSPS) is 16.8. The number of rotatable bonds is 8. The van der Waals surface area contributed by atoms with E-state index in [1.807, 2.05) is 30.3 Å². The Balaban J connectivity index is 1.55. The van der Waals surface area contributed by atoms with Gasteiger partial charge in [-0.15, -0.1) is 0 Å². The molecule has 3 N–H and O–H groups in total. The Morgan fingerprint density at radius 3 is 2.71 bits per heavy atom. The first-order valence-electron chi connectivity index (χ1n) is 7.94. The van der Waals surface area contributed by atoms with E-state index in [1.165, 1.54) is 25.7 Å². The van der Waals surface area contributed by atoms with Gasteiger partial charge in [-0.25, -0.2) is 0 Å². The molecule has 0 radical (unpaired) electrons. The molecule has 1 aliphatic carbocycles. The number of carbonyl (C=O) groups excluding carboxylic acids is 1. The lowest BCUT2D eigenvalue weighted by Crippen LogP contribution is -2.29. The molecule has 1 atom stereocenters. The first-order chi connectivity index (χ1) is 10.3. The first kappa shape index (κ1) is 16.0. The maximum Gasteiger partial charge on any atom is 0.220 e. The molecule has 1 amide bonds. The predicted molar refractivity (Wildman–Crippen MR) is 83.8 cm³/mol. The topological polar surface area (TPSA) is 64.4 Å². The van der Waals surface area contributed by atoms with E-state index in [0.29, 0.717) is 32.1 Å². The third-order valence-corrected chi connectivity index (χ3v) is 3.99. The van der Waals surface area contributed by atoms with E-state index in [-0.39, 0.29) is 11.9 Å². The van der Waals surface area contributed by atoms with Crippen LogP contribution in [-0.4, -0.2) is 25.2 Å². The average Bonchev–Trinajstić information content (AvgIpc) is 3.03. The summed E-state index contributed by atoms with van der Waals surface area (Å²) in [5.74, 6) is 0.0522. The maximum atomic E-state index is 11.8. The molecular weight excluding hydrogens is 264 g/mol. The van der Waals surface area contributed by atoms with Crippen LogP contribution in [0, 0.1) is 0 Å². The van der Waals surface area contributed by atoms with Gasteiger partial charge in [0.05, 0.1) is 12.7 Å². The number of carbonyl (C=O) groups is 1. The second-order valence-electron chi connectivity index (χ2n) is 5.68. The molecule has 2 rings (SSSR count). The predicted octanol–water partition coefficient (Wildman–Crippen LogP) is 2.54. The van der Waals surface area contributed by atoms with Crippen LogP contribution in [0.3, 0.4) is 0 Å². The molecule has 1 aliphatic rings. The number of nitrogens with two attached hydrogens (primary N) is 1. The van der Waals surface area contributed by atoms with Crippen LogP contribution in [0.15, 0.2) is 30.3 Å². The highest BCUT2D eigenvalue weighted by molar-refractivity contribution is 5.75. The van der Waals surface area contributed by atoms with Gasteiger partial charge < -0.3 is 15.8 Å². The van der Waals surface area contributed by atoms with Gasteiger partial charge >= 0.3 is 0 Å². The summed E-state index contributed by atoms with van der Waals surface area (Å²) in [6.07, 6.45) is 6.41. The molecule has 0 aromatic heterocycles. The van der Waals surface area contributed by atoms with Gasteiger partial charge in [0, 0.05) is 19.0 Å². The fourth-order valence-corrected chi connectivity index (χ4v) is 2.71. The third kappa shape index (κ3) is 5.86. The van der Waals surface area contributed by atoms with Crippen LogP contribution in [-0.2, 0) is 9.53 Å². The Labute approximate surface area is 127 Å². The van der Waals surface area contributed by atoms with E-state index in [9.17, 15) is 4.79 Å². The highest BCUT2D eigenvalue weighted by Crippen LogP contribution is 2.20. The second-order valence-corrected chi connectivity index (χ2v) is 5.68. The summed E-state index contributed by atoms with van der Waals surface area (Å²) in [7, 11) is 0. The molecule has 116 valence electrons. The van der Waals surface area contributed by atoms with Crippen molar-refractivity contribution in [2.24, 2.45) is 5.73 Å². The van der Waals surface area contributed by atoms with Crippen LogP contribution in [0.2, 0.25) is 0 Å². The summed E-state index contributed by atoms with van der Waals surface area (Å²) in [5.41, 5.74) is 7.15. The lowest BCUT2D eigenvalue weighted by molar-refractivity contribution is -0.121. The van der Waals surface area contributed by atoms with Crippen molar-refractivity contribution in [3.05, 3.63) is 35.9 Å². The van der Waals surface area contributed by atoms with Crippen molar-refractivity contribution in [3.8, 4) is 0 Å². The molecule has 0 heterocycles. The summed E-state index contributed by atoms with van der Waals surface area (Å²) >= 11 is 0. The van der Waals surface area contributed by atoms with Crippen molar-refractivity contribution < 1.29 is 9.53 Å². The molecule has 1 fully saturated rings. The van der Waals surface area contributed by atoms with Gasteiger partial charge in [-0.3, -0.25) is 4.79 Å². The fraction of sp³-hybridized carbons (Fsp3) is 0.588. The van der Waals surface area contributed by atoms with Gasteiger partial charge in [-0.2, -0.15) is 0 Å². The smallest absolute Gasteiger partial charge is 0.220 e. The molecule has 21 heavy (non-hydrogen) atoms. The minimum atomic E-state index is -0.0771. The van der Waals surface area contributed by atoms with E-state index in [1.54, 1.807) is 0 Å². The molecule has 1 saturated carbocycles. The molecule has 0 spiro atoms. The highest BCUT2D eigenvalue weighted by Gasteiger charge is 2.15. The lowest BCUT2D eigenvalue weighted by Gasteiger charge is -2.13. The Kier molecular flexibility index (Phi) is 6.70. The van der Waals surface area contributed by atoms with Crippen molar-refractivity contribution in [1.29, 1.82) is 0 Å². The highest BCUT2D eigenvalue weighted by atomic mass is 16.5. The molecule has 0 aliphatic heterocycles. The summed E-state index contributed by atoms with van der Waals surface area (Å²) in [6.45, 7) is 1.21. The number of hydrogen-bond acceptors (Lipinski definition) is 3. The van der Waals surface area contributed by atoms with Gasteiger partial charge in [-0.05, 0) is 24.8 Å². The Bertz CT molecular complexity index is 416. The first-order valence-corrected chi connectivity index (χ1v) is 7.94.